The third-order valence-electron chi connectivity index (χ3n) is 3.54. The van der Waals surface area contributed by atoms with Crippen LogP contribution < -0.4 is 4.90 Å². The Bertz CT molecular complexity index is 628. The molecule has 0 N–H and O–H groups in total. The standard InChI is InChI=1S/C14H15N5O/c1-10-17-14(20-18-10)11-3-2-6-19(9-11)13-5-4-12(7-15)16-8-13/h4-5,8,11H,2-3,6,9H2,1H3/t11-/m0/s1. The van der Waals surface area contributed by atoms with Crippen LogP contribution in [0.4, 0.5) is 5.69 Å². The van der Waals surface area contributed by atoms with Gasteiger partial charge in [0.25, 0.3) is 0 Å². The Morgan fingerprint density at radius 2 is 2.35 bits per heavy atom. The lowest BCUT2D eigenvalue weighted by molar-refractivity contribution is 0.331. The summed E-state index contributed by atoms with van der Waals surface area (Å²) < 4.78 is 5.28. The minimum absolute atomic E-state index is 0.264. The molecule has 6 nitrogen and oxygen atoms in total. The lowest BCUT2D eigenvalue weighted by Crippen LogP contribution is -2.34. The van der Waals surface area contributed by atoms with E-state index < -0.39 is 0 Å². The lowest BCUT2D eigenvalue weighted by Gasteiger charge is -2.32. The molecular formula is C14H15N5O. The third kappa shape index (κ3) is 2.48. The summed E-state index contributed by atoms with van der Waals surface area (Å²) >= 11 is 0. The van der Waals surface area contributed by atoms with E-state index >= 15 is 0 Å². The molecule has 1 atom stereocenters. The highest BCUT2D eigenvalue weighted by Crippen LogP contribution is 2.28. The average Bonchev–Trinajstić information content (AvgIpc) is 2.94. The zero-order valence-electron chi connectivity index (χ0n) is 11.3. The van der Waals surface area contributed by atoms with Crippen LogP contribution in [-0.4, -0.2) is 28.2 Å². The van der Waals surface area contributed by atoms with Gasteiger partial charge < -0.3 is 9.42 Å². The van der Waals surface area contributed by atoms with Crippen molar-refractivity contribution in [2.75, 3.05) is 18.0 Å². The number of anilines is 1. The second-order valence-corrected chi connectivity index (χ2v) is 4.98. The van der Waals surface area contributed by atoms with Gasteiger partial charge >= 0.3 is 0 Å². The molecule has 0 unspecified atom stereocenters. The molecule has 0 aliphatic carbocycles. The molecule has 1 saturated heterocycles. The molecule has 6 heteroatoms. The van der Waals surface area contributed by atoms with Crippen LogP contribution >= 0.6 is 0 Å². The number of aromatic nitrogens is 3. The molecule has 0 bridgehead atoms. The van der Waals surface area contributed by atoms with Gasteiger partial charge in [0.15, 0.2) is 5.82 Å². The van der Waals surface area contributed by atoms with E-state index in [4.69, 9.17) is 9.78 Å². The molecule has 1 fully saturated rings. The first-order valence-corrected chi connectivity index (χ1v) is 6.67. The Kier molecular flexibility index (Phi) is 3.33. The van der Waals surface area contributed by atoms with Crippen molar-refractivity contribution in [1.29, 1.82) is 5.26 Å². The molecule has 102 valence electrons. The molecular weight excluding hydrogens is 254 g/mol. The smallest absolute Gasteiger partial charge is 0.231 e. The Balaban J connectivity index is 1.76. The first-order valence-electron chi connectivity index (χ1n) is 6.67. The number of hydrogen-bond donors (Lipinski definition) is 0. The monoisotopic (exact) mass is 269 g/mol. The van der Waals surface area contributed by atoms with Crippen LogP contribution in [0.25, 0.3) is 0 Å². The fourth-order valence-corrected chi connectivity index (χ4v) is 2.53. The first-order chi connectivity index (χ1) is 9.76. The van der Waals surface area contributed by atoms with E-state index in [9.17, 15) is 0 Å². The van der Waals surface area contributed by atoms with Gasteiger partial charge in [0, 0.05) is 13.1 Å². The molecule has 1 aliphatic heterocycles. The van der Waals surface area contributed by atoms with E-state index in [-0.39, 0.29) is 5.92 Å². The molecule has 0 radical (unpaired) electrons. The Hall–Kier alpha value is -2.42. The van der Waals surface area contributed by atoms with Crippen LogP contribution in [0, 0.1) is 18.3 Å². The van der Waals surface area contributed by atoms with Crippen molar-refractivity contribution in [1.82, 2.24) is 15.1 Å². The highest BCUT2D eigenvalue weighted by Gasteiger charge is 2.25. The number of aryl methyl sites for hydroxylation is 1. The van der Waals surface area contributed by atoms with Crippen LogP contribution in [0.3, 0.4) is 0 Å². The van der Waals surface area contributed by atoms with E-state index in [1.165, 1.54) is 0 Å². The van der Waals surface area contributed by atoms with E-state index in [1.807, 2.05) is 19.1 Å². The zero-order valence-corrected chi connectivity index (χ0v) is 11.3. The fraction of sp³-hybridized carbons (Fsp3) is 0.429. The molecule has 3 heterocycles. The SMILES string of the molecule is Cc1noc([C@H]2CCCN(c3ccc(C#N)nc3)C2)n1. The van der Waals surface area contributed by atoms with Gasteiger partial charge in [0.1, 0.15) is 11.8 Å². The number of nitrogens with zero attached hydrogens (tertiary/aromatic N) is 5. The Morgan fingerprint density at radius 1 is 1.45 bits per heavy atom. The third-order valence-corrected chi connectivity index (χ3v) is 3.54. The van der Waals surface area contributed by atoms with Gasteiger partial charge in [-0.1, -0.05) is 5.16 Å². The number of piperidine rings is 1. The first kappa shape index (κ1) is 12.6. The maximum absolute atomic E-state index is 8.78. The topological polar surface area (TPSA) is 78.8 Å². The van der Waals surface area contributed by atoms with Crippen molar-refractivity contribution in [3.05, 3.63) is 35.7 Å². The number of hydrogen-bond acceptors (Lipinski definition) is 6. The zero-order chi connectivity index (χ0) is 13.9. The van der Waals surface area contributed by atoms with Crippen LogP contribution in [0.5, 0.6) is 0 Å². The average molecular weight is 269 g/mol. The maximum Gasteiger partial charge on any atom is 0.231 e. The lowest BCUT2D eigenvalue weighted by atomic mass is 9.97. The number of pyridine rings is 1. The van der Waals surface area contributed by atoms with Gasteiger partial charge in [-0.25, -0.2) is 4.98 Å². The van der Waals surface area contributed by atoms with Crippen LogP contribution in [0.1, 0.15) is 36.2 Å². The van der Waals surface area contributed by atoms with Gasteiger partial charge in [0.05, 0.1) is 17.8 Å². The van der Waals surface area contributed by atoms with Gasteiger partial charge in [0.2, 0.25) is 5.89 Å². The minimum atomic E-state index is 0.264. The number of rotatable bonds is 2. The summed E-state index contributed by atoms with van der Waals surface area (Å²) in [5.74, 6) is 1.66. The summed E-state index contributed by atoms with van der Waals surface area (Å²) in [6.45, 7) is 3.66. The van der Waals surface area contributed by atoms with Crippen molar-refractivity contribution < 1.29 is 4.52 Å². The van der Waals surface area contributed by atoms with E-state index in [1.54, 1.807) is 12.3 Å². The quantitative estimate of drug-likeness (QED) is 0.830. The Labute approximate surface area is 117 Å². The van der Waals surface area contributed by atoms with Crippen LogP contribution in [-0.2, 0) is 0 Å². The van der Waals surface area contributed by atoms with Gasteiger partial charge in [-0.05, 0) is 31.9 Å². The van der Waals surface area contributed by atoms with E-state index in [0.29, 0.717) is 17.4 Å². The van der Waals surface area contributed by atoms with E-state index in [2.05, 4.69) is 20.0 Å². The molecule has 0 aromatic carbocycles. The van der Waals surface area contributed by atoms with Gasteiger partial charge in [-0.3, -0.25) is 0 Å². The van der Waals surface area contributed by atoms with Crippen molar-refractivity contribution in [3.8, 4) is 6.07 Å². The van der Waals surface area contributed by atoms with Crippen LogP contribution in [0.15, 0.2) is 22.9 Å². The summed E-state index contributed by atoms with van der Waals surface area (Å²) in [5.41, 5.74) is 1.47. The summed E-state index contributed by atoms with van der Waals surface area (Å²) in [4.78, 5) is 10.7. The molecule has 0 amide bonds. The van der Waals surface area contributed by atoms with E-state index in [0.717, 1.165) is 31.6 Å². The molecule has 3 rings (SSSR count). The van der Waals surface area contributed by atoms with Crippen molar-refractivity contribution in [2.24, 2.45) is 0 Å². The summed E-state index contributed by atoms with van der Waals surface area (Å²) in [6.07, 6.45) is 3.88. The molecule has 20 heavy (non-hydrogen) atoms. The second kappa shape index (κ2) is 5.29. The molecule has 2 aromatic heterocycles. The maximum atomic E-state index is 8.78. The predicted molar refractivity (Wildman–Crippen MR) is 72.2 cm³/mol. The highest BCUT2D eigenvalue weighted by atomic mass is 16.5. The summed E-state index contributed by atoms with van der Waals surface area (Å²) in [5, 5.41) is 12.6. The molecule has 0 saturated carbocycles. The molecule has 0 spiro atoms. The highest BCUT2D eigenvalue weighted by molar-refractivity contribution is 5.46. The molecule has 1 aliphatic rings. The van der Waals surface area contributed by atoms with Crippen molar-refractivity contribution in [3.63, 3.8) is 0 Å². The normalized spacial score (nSPS) is 18.8. The predicted octanol–water partition coefficient (Wildman–Crippen LogP) is 2.03. The largest absolute Gasteiger partial charge is 0.369 e. The second-order valence-electron chi connectivity index (χ2n) is 4.98. The number of nitriles is 1. The van der Waals surface area contributed by atoms with Crippen molar-refractivity contribution >= 4 is 5.69 Å². The van der Waals surface area contributed by atoms with Gasteiger partial charge in [-0.2, -0.15) is 10.2 Å². The summed E-state index contributed by atoms with van der Waals surface area (Å²) in [6, 6.07) is 5.71. The molecule has 2 aromatic rings. The van der Waals surface area contributed by atoms with Crippen molar-refractivity contribution in [2.45, 2.75) is 25.7 Å². The van der Waals surface area contributed by atoms with Crippen LogP contribution in [0.2, 0.25) is 0 Å². The summed E-state index contributed by atoms with van der Waals surface area (Å²) in [7, 11) is 0. The Morgan fingerprint density at radius 3 is 3.00 bits per heavy atom. The minimum Gasteiger partial charge on any atom is -0.369 e. The fourth-order valence-electron chi connectivity index (χ4n) is 2.53. The van der Waals surface area contributed by atoms with Gasteiger partial charge in [-0.15, -0.1) is 0 Å².